The molecule has 1 amide bonds. The van der Waals surface area contributed by atoms with Gasteiger partial charge < -0.3 is 15.0 Å². The lowest BCUT2D eigenvalue weighted by atomic mass is 9.87. The van der Waals surface area contributed by atoms with Crippen molar-refractivity contribution in [3.63, 3.8) is 0 Å². The van der Waals surface area contributed by atoms with Gasteiger partial charge in [-0.25, -0.2) is 9.97 Å². The smallest absolute Gasteiger partial charge is 0.257 e. The molecule has 7 heteroatoms. The Morgan fingerprint density at radius 1 is 1.20 bits per heavy atom. The minimum atomic E-state index is -0.113. The molecule has 1 aromatic carbocycles. The number of hydrogen-bond acceptors (Lipinski definition) is 6. The molecule has 1 saturated heterocycles. The van der Waals surface area contributed by atoms with E-state index in [1.54, 1.807) is 6.20 Å². The summed E-state index contributed by atoms with van der Waals surface area (Å²) in [7, 11) is 0. The zero-order valence-corrected chi connectivity index (χ0v) is 17.9. The average molecular weight is 408 g/mol. The Bertz CT molecular complexity index is 891. The number of ether oxygens (including phenoxy) is 1. The number of amides is 1. The molecule has 7 nitrogen and oxygen atoms in total. The second-order valence-corrected chi connectivity index (χ2v) is 8.64. The van der Waals surface area contributed by atoms with Gasteiger partial charge in [-0.2, -0.15) is 5.26 Å². The van der Waals surface area contributed by atoms with Gasteiger partial charge in [-0.3, -0.25) is 4.79 Å². The lowest BCUT2D eigenvalue weighted by Gasteiger charge is -2.32. The summed E-state index contributed by atoms with van der Waals surface area (Å²) < 4.78 is 5.61. The van der Waals surface area contributed by atoms with Crippen molar-refractivity contribution in [1.29, 1.82) is 5.26 Å². The van der Waals surface area contributed by atoms with Crippen molar-refractivity contribution in [3.8, 4) is 11.8 Å². The van der Waals surface area contributed by atoms with Crippen molar-refractivity contribution >= 4 is 11.7 Å². The average Bonchev–Trinajstić information content (AvgIpc) is 2.76. The number of anilines is 1. The molecule has 0 atom stereocenters. The largest absolute Gasteiger partial charge is 0.484 e. The van der Waals surface area contributed by atoms with E-state index >= 15 is 0 Å². The second-order valence-electron chi connectivity index (χ2n) is 8.64. The number of rotatable bonds is 6. The Labute approximate surface area is 178 Å². The van der Waals surface area contributed by atoms with E-state index in [0.29, 0.717) is 29.7 Å². The summed E-state index contributed by atoms with van der Waals surface area (Å²) in [6.45, 7) is 8.72. The predicted octanol–water partition coefficient (Wildman–Crippen LogP) is 3.06. The molecule has 0 spiro atoms. The Hall–Kier alpha value is -3.14. The first-order chi connectivity index (χ1) is 14.4. The molecule has 2 heterocycles. The maximum absolute atomic E-state index is 12.2. The highest BCUT2D eigenvalue weighted by Gasteiger charge is 2.23. The van der Waals surface area contributed by atoms with Crippen LogP contribution in [-0.2, 0) is 10.2 Å². The van der Waals surface area contributed by atoms with Gasteiger partial charge in [0.15, 0.2) is 18.1 Å². The van der Waals surface area contributed by atoms with Gasteiger partial charge in [-0.1, -0.05) is 32.9 Å². The molecule has 1 fully saturated rings. The second kappa shape index (κ2) is 9.57. The van der Waals surface area contributed by atoms with Crippen LogP contribution in [0.2, 0.25) is 0 Å². The van der Waals surface area contributed by atoms with Gasteiger partial charge in [0.25, 0.3) is 5.91 Å². The lowest BCUT2D eigenvalue weighted by Crippen LogP contribution is -2.40. The van der Waals surface area contributed by atoms with Crippen LogP contribution in [0.25, 0.3) is 0 Å². The zero-order chi connectivity index (χ0) is 21.6. The molecule has 1 aromatic heterocycles. The van der Waals surface area contributed by atoms with Crippen LogP contribution in [0.5, 0.6) is 5.75 Å². The van der Waals surface area contributed by atoms with Crippen LogP contribution in [0.15, 0.2) is 36.7 Å². The molecular weight excluding hydrogens is 378 g/mol. The Morgan fingerprint density at radius 3 is 2.50 bits per heavy atom. The first-order valence-electron chi connectivity index (χ1n) is 10.3. The minimum absolute atomic E-state index is 0.0127. The molecule has 1 aliphatic rings. The number of nitrogens with one attached hydrogen (secondary N) is 1. The van der Waals surface area contributed by atoms with Crippen molar-refractivity contribution < 1.29 is 9.53 Å². The summed E-state index contributed by atoms with van der Waals surface area (Å²) in [4.78, 5) is 22.6. The van der Waals surface area contributed by atoms with E-state index in [0.717, 1.165) is 25.9 Å². The molecule has 0 radical (unpaired) electrons. The van der Waals surface area contributed by atoms with Crippen molar-refractivity contribution in [2.75, 3.05) is 31.1 Å². The van der Waals surface area contributed by atoms with Crippen molar-refractivity contribution in [2.24, 2.45) is 5.92 Å². The van der Waals surface area contributed by atoms with Crippen LogP contribution >= 0.6 is 0 Å². The van der Waals surface area contributed by atoms with E-state index in [1.165, 1.54) is 11.8 Å². The van der Waals surface area contributed by atoms with Crippen LogP contribution in [0.3, 0.4) is 0 Å². The third-order valence-corrected chi connectivity index (χ3v) is 5.38. The highest BCUT2D eigenvalue weighted by Crippen LogP contribution is 2.24. The van der Waals surface area contributed by atoms with Crippen LogP contribution in [0, 0.1) is 17.2 Å². The van der Waals surface area contributed by atoms with Crippen molar-refractivity contribution in [3.05, 3.63) is 47.9 Å². The number of carbonyl (C=O) groups is 1. The molecule has 2 aromatic rings. The predicted molar refractivity (Wildman–Crippen MR) is 115 cm³/mol. The SMILES string of the molecule is CC(C)(C)c1ccc(OCC(=O)NCC2CCN(c3nccnc3C#N)CC2)cc1. The van der Waals surface area contributed by atoms with Gasteiger partial charge in [0.05, 0.1) is 0 Å². The van der Waals surface area contributed by atoms with Gasteiger partial charge in [0.1, 0.15) is 11.8 Å². The van der Waals surface area contributed by atoms with Gasteiger partial charge in [-0.15, -0.1) is 0 Å². The first-order valence-corrected chi connectivity index (χ1v) is 10.3. The van der Waals surface area contributed by atoms with Crippen molar-refractivity contribution in [1.82, 2.24) is 15.3 Å². The number of carbonyl (C=O) groups excluding carboxylic acids is 1. The lowest BCUT2D eigenvalue weighted by molar-refractivity contribution is -0.123. The zero-order valence-electron chi connectivity index (χ0n) is 17.9. The van der Waals surface area contributed by atoms with E-state index in [-0.39, 0.29) is 17.9 Å². The number of nitriles is 1. The highest BCUT2D eigenvalue weighted by atomic mass is 16.5. The Morgan fingerprint density at radius 2 is 1.87 bits per heavy atom. The fourth-order valence-corrected chi connectivity index (χ4v) is 3.50. The van der Waals surface area contributed by atoms with Crippen LogP contribution < -0.4 is 15.0 Å². The first kappa shape index (κ1) is 21.6. The monoisotopic (exact) mass is 407 g/mol. The quantitative estimate of drug-likeness (QED) is 0.791. The number of aromatic nitrogens is 2. The third-order valence-electron chi connectivity index (χ3n) is 5.38. The van der Waals surface area contributed by atoms with E-state index < -0.39 is 0 Å². The summed E-state index contributed by atoms with van der Waals surface area (Å²) in [5.41, 5.74) is 1.68. The van der Waals surface area contributed by atoms with Crippen LogP contribution in [0.4, 0.5) is 5.82 Å². The topological polar surface area (TPSA) is 91.1 Å². The molecule has 0 unspecified atom stereocenters. The van der Waals surface area contributed by atoms with Crippen molar-refractivity contribution in [2.45, 2.75) is 39.0 Å². The Balaban J connectivity index is 1.39. The number of benzene rings is 1. The third kappa shape index (κ3) is 5.69. The maximum Gasteiger partial charge on any atom is 0.257 e. The fraction of sp³-hybridized carbons (Fsp3) is 0.478. The summed E-state index contributed by atoms with van der Waals surface area (Å²) in [6, 6.07) is 9.99. The fourth-order valence-electron chi connectivity index (χ4n) is 3.50. The van der Waals surface area contributed by atoms with Gasteiger partial charge >= 0.3 is 0 Å². The molecular formula is C23H29N5O2. The van der Waals surface area contributed by atoms with E-state index in [9.17, 15) is 10.1 Å². The molecule has 1 aliphatic heterocycles. The van der Waals surface area contributed by atoms with Gasteiger partial charge in [-0.05, 0) is 41.9 Å². The molecule has 0 saturated carbocycles. The molecule has 30 heavy (non-hydrogen) atoms. The highest BCUT2D eigenvalue weighted by molar-refractivity contribution is 5.77. The summed E-state index contributed by atoms with van der Waals surface area (Å²) in [5, 5.41) is 12.2. The molecule has 0 aliphatic carbocycles. The standard InChI is InChI=1S/C23H29N5O2/c1-23(2,3)18-4-6-19(7-5-18)30-16-21(29)27-15-17-8-12-28(13-9-17)22-20(14-24)25-10-11-26-22/h4-7,10-11,17H,8-9,12-13,15-16H2,1-3H3,(H,27,29). The van der Waals surface area contributed by atoms with Gasteiger partial charge in [0.2, 0.25) is 0 Å². The van der Waals surface area contributed by atoms with Gasteiger partial charge in [0, 0.05) is 32.0 Å². The molecule has 1 N–H and O–H groups in total. The normalized spacial score (nSPS) is 14.8. The number of hydrogen-bond donors (Lipinski definition) is 1. The van der Waals surface area contributed by atoms with E-state index in [4.69, 9.17) is 4.74 Å². The number of piperidine rings is 1. The number of nitrogens with zero attached hydrogens (tertiary/aromatic N) is 4. The van der Waals surface area contributed by atoms with E-state index in [2.05, 4.69) is 47.0 Å². The van der Waals surface area contributed by atoms with Crippen LogP contribution in [0.1, 0.15) is 44.9 Å². The maximum atomic E-state index is 12.2. The molecule has 0 bridgehead atoms. The summed E-state index contributed by atoms with van der Waals surface area (Å²) >= 11 is 0. The molecule has 158 valence electrons. The van der Waals surface area contributed by atoms with E-state index in [1.807, 2.05) is 24.3 Å². The summed E-state index contributed by atoms with van der Waals surface area (Å²) in [5.74, 6) is 1.63. The minimum Gasteiger partial charge on any atom is -0.484 e. The summed E-state index contributed by atoms with van der Waals surface area (Å²) in [6.07, 6.45) is 5.00. The van der Waals surface area contributed by atoms with Crippen LogP contribution in [-0.4, -0.2) is 42.1 Å². The Kier molecular flexibility index (Phi) is 6.88. The molecule has 3 rings (SSSR count).